The van der Waals surface area contributed by atoms with Crippen molar-refractivity contribution < 1.29 is 24.2 Å². The molecule has 1 atom stereocenters. The first-order valence-corrected chi connectivity index (χ1v) is 9.50. The molecule has 26 heavy (non-hydrogen) atoms. The minimum atomic E-state index is -0.757. The molecule has 6 heteroatoms. The van der Waals surface area contributed by atoms with Crippen molar-refractivity contribution in [1.82, 2.24) is 0 Å². The van der Waals surface area contributed by atoms with E-state index in [1.165, 1.54) is 0 Å². The number of aliphatic carboxylic acids is 1. The summed E-state index contributed by atoms with van der Waals surface area (Å²) in [5, 5.41) is 12.0. The Kier molecular flexibility index (Phi) is 6.50. The molecule has 1 saturated carbocycles. The Morgan fingerprint density at radius 1 is 1.08 bits per heavy atom. The minimum Gasteiger partial charge on any atom is -0.489 e. The normalized spacial score (nSPS) is 26.1. The van der Waals surface area contributed by atoms with Crippen molar-refractivity contribution in [2.75, 3.05) is 18.5 Å². The maximum atomic E-state index is 12.6. The molecule has 0 radical (unpaired) electrons. The van der Waals surface area contributed by atoms with Crippen LogP contribution in [0, 0.1) is 11.8 Å². The van der Waals surface area contributed by atoms with Crippen LogP contribution in [0.25, 0.3) is 0 Å². The summed E-state index contributed by atoms with van der Waals surface area (Å²) >= 11 is 0. The number of nitrogens with one attached hydrogen (secondary N) is 1. The first-order valence-electron chi connectivity index (χ1n) is 9.50. The number of carbonyl (C=O) groups is 2. The van der Waals surface area contributed by atoms with Gasteiger partial charge in [0.05, 0.1) is 17.7 Å². The molecule has 1 aliphatic carbocycles. The highest BCUT2D eigenvalue weighted by Gasteiger charge is 2.30. The molecule has 1 aromatic rings. The van der Waals surface area contributed by atoms with Gasteiger partial charge < -0.3 is 19.9 Å². The summed E-state index contributed by atoms with van der Waals surface area (Å²) in [5.74, 6) is -0.619. The smallest absolute Gasteiger partial charge is 0.306 e. The van der Waals surface area contributed by atoms with Crippen LogP contribution < -0.4 is 10.1 Å². The number of hydrogen-bond donors (Lipinski definition) is 2. The van der Waals surface area contributed by atoms with E-state index in [-0.39, 0.29) is 23.8 Å². The first-order chi connectivity index (χ1) is 12.6. The third-order valence-corrected chi connectivity index (χ3v) is 5.29. The molecular formula is C20H27NO5. The number of carboxylic acid groups (broad SMARTS) is 1. The maximum Gasteiger partial charge on any atom is 0.306 e. The van der Waals surface area contributed by atoms with Gasteiger partial charge in [-0.25, -0.2) is 0 Å². The molecule has 0 bridgehead atoms. The summed E-state index contributed by atoms with van der Waals surface area (Å²) in [4.78, 5) is 23.6. The van der Waals surface area contributed by atoms with Crippen molar-refractivity contribution in [3.05, 3.63) is 24.3 Å². The van der Waals surface area contributed by atoms with Crippen molar-refractivity contribution in [2.45, 2.75) is 51.0 Å². The van der Waals surface area contributed by atoms with Crippen molar-refractivity contribution in [3.63, 3.8) is 0 Å². The van der Waals surface area contributed by atoms with Crippen molar-refractivity contribution in [3.8, 4) is 5.75 Å². The summed E-state index contributed by atoms with van der Waals surface area (Å²) < 4.78 is 11.6. The second kappa shape index (κ2) is 9.03. The topological polar surface area (TPSA) is 84.9 Å². The Labute approximate surface area is 153 Å². The molecule has 0 spiro atoms. The standard InChI is InChI=1S/C20H27NO5/c22-19(14-8-10-15(11-9-14)20(23)24)21-17-6-1-2-7-18(17)26-13-16-5-3-4-12-25-16/h1-2,6-7,14-16H,3-5,8-13H2,(H,21,22)(H,23,24). The summed E-state index contributed by atoms with van der Waals surface area (Å²) in [7, 11) is 0. The molecule has 0 aromatic heterocycles. The fourth-order valence-corrected chi connectivity index (χ4v) is 3.65. The molecule has 2 fully saturated rings. The fourth-order valence-electron chi connectivity index (χ4n) is 3.65. The highest BCUT2D eigenvalue weighted by Crippen LogP contribution is 2.31. The number of ether oxygens (including phenoxy) is 2. The van der Waals surface area contributed by atoms with Gasteiger partial charge in [0.2, 0.25) is 5.91 Å². The molecule has 1 heterocycles. The maximum absolute atomic E-state index is 12.6. The van der Waals surface area contributed by atoms with Crippen LogP contribution in [0.2, 0.25) is 0 Å². The number of hydrogen-bond acceptors (Lipinski definition) is 4. The largest absolute Gasteiger partial charge is 0.489 e. The van der Waals surface area contributed by atoms with Crippen LogP contribution in [-0.2, 0) is 14.3 Å². The van der Waals surface area contributed by atoms with Crippen LogP contribution in [-0.4, -0.2) is 36.3 Å². The molecule has 1 saturated heterocycles. The molecule has 1 amide bonds. The van der Waals surface area contributed by atoms with Gasteiger partial charge >= 0.3 is 5.97 Å². The SMILES string of the molecule is O=C(O)C1CCC(C(=O)Nc2ccccc2OCC2CCCCO2)CC1. The number of carboxylic acids is 1. The second-order valence-corrected chi connectivity index (χ2v) is 7.17. The Hall–Kier alpha value is -2.08. The predicted molar refractivity (Wildman–Crippen MR) is 97.2 cm³/mol. The number of amides is 1. The van der Waals surface area contributed by atoms with Gasteiger partial charge in [-0.05, 0) is 57.1 Å². The minimum absolute atomic E-state index is 0.0567. The van der Waals surface area contributed by atoms with Gasteiger partial charge in [-0.1, -0.05) is 12.1 Å². The molecule has 1 aliphatic heterocycles. The molecule has 6 nitrogen and oxygen atoms in total. The van der Waals surface area contributed by atoms with Crippen molar-refractivity contribution in [2.24, 2.45) is 11.8 Å². The van der Waals surface area contributed by atoms with Crippen LogP contribution >= 0.6 is 0 Å². The van der Waals surface area contributed by atoms with Gasteiger partial charge in [-0.2, -0.15) is 0 Å². The van der Waals surface area contributed by atoms with Gasteiger partial charge in [0.1, 0.15) is 12.4 Å². The van der Waals surface area contributed by atoms with Gasteiger partial charge in [0.15, 0.2) is 0 Å². The lowest BCUT2D eigenvalue weighted by Gasteiger charge is -2.26. The van der Waals surface area contributed by atoms with E-state index in [9.17, 15) is 9.59 Å². The van der Waals surface area contributed by atoms with Crippen LogP contribution in [0.1, 0.15) is 44.9 Å². The van der Waals surface area contributed by atoms with Crippen LogP contribution in [0.3, 0.4) is 0 Å². The van der Waals surface area contributed by atoms with E-state index in [4.69, 9.17) is 14.6 Å². The number of anilines is 1. The number of rotatable bonds is 6. The lowest BCUT2D eigenvalue weighted by molar-refractivity contribution is -0.143. The van der Waals surface area contributed by atoms with Crippen molar-refractivity contribution in [1.29, 1.82) is 0 Å². The molecule has 2 aliphatic rings. The van der Waals surface area contributed by atoms with Gasteiger partial charge in [-0.15, -0.1) is 0 Å². The van der Waals surface area contributed by atoms with E-state index in [2.05, 4.69) is 5.32 Å². The van der Waals surface area contributed by atoms with Crippen LogP contribution in [0.15, 0.2) is 24.3 Å². The summed E-state index contributed by atoms with van der Waals surface area (Å²) in [6.07, 6.45) is 5.72. The van der Waals surface area contributed by atoms with Gasteiger partial charge in [-0.3, -0.25) is 9.59 Å². The Morgan fingerprint density at radius 2 is 1.81 bits per heavy atom. The van der Waals surface area contributed by atoms with Gasteiger partial charge in [0.25, 0.3) is 0 Å². The average molecular weight is 361 g/mol. The highest BCUT2D eigenvalue weighted by atomic mass is 16.5. The lowest BCUT2D eigenvalue weighted by Crippen LogP contribution is -2.30. The molecule has 1 unspecified atom stereocenters. The van der Waals surface area contributed by atoms with Crippen LogP contribution in [0.5, 0.6) is 5.75 Å². The predicted octanol–water partition coefficient (Wildman–Crippen LogP) is 3.46. The summed E-state index contributed by atoms with van der Waals surface area (Å²) in [6.45, 7) is 1.27. The third kappa shape index (κ3) is 4.97. The Balaban J connectivity index is 1.54. The fraction of sp³-hybridized carbons (Fsp3) is 0.600. The molecule has 3 rings (SSSR count). The molecule has 2 N–H and O–H groups in total. The highest BCUT2D eigenvalue weighted by molar-refractivity contribution is 5.94. The monoisotopic (exact) mass is 361 g/mol. The third-order valence-electron chi connectivity index (χ3n) is 5.29. The Morgan fingerprint density at radius 3 is 2.50 bits per heavy atom. The zero-order chi connectivity index (χ0) is 18.4. The van der Waals surface area contributed by atoms with E-state index in [0.717, 1.165) is 25.9 Å². The zero-order valence-electron chi connectivity index (χ0n) is 15.0. The summed E-state index contributed by atoms with van der Waals surface area (Å²) in [5.41, 5.74) is 0.661. The second-order valence-electron chi connectivity index (χ2n) is 7.17. The van der Waals surface area contributed by atoms with E-state index in [0.29, 0.717) is 43.7 Å². The average Bonchev–Trinajstić information content (AvgIpc) is 2.68. The van der Waals surface area contributed by atoms with E-state index >= 15 is 0 Å². The number of para-hydroxylation sites is 2. The van der Waals surface area contributed by atoms with Crippen LogP contribution in [0.4, 0.5) is 5.69 Å². The number of carbonyl (C=O) groups excluding carboxylic acids is 1. The van der Waals surface area contributed by atoms with E-state index in [1.54, 1.807) is 0 Å². The lowest BCUT2D eigenvalue weighted by atomic mass is 9.81. The first kappa shape index (κ1) is 18.7. The van der Waals surface area contributed by atoms with Gasteiger partial charge in [0, 0.05) is 12.5 Å². The molecular weight excluding hydrogens is 334 g/mol. The number of benzene rings is 1. The van der Waals surface area contributed by atoms with E-state index < -0.39 is 5.97 Å². The molecule has 1 aromatic carbocycles. The zero-order valence-corrected chi connectivity index (χ0v) is 15.0. The quantitative estimate of drug-likeness (QED) is 0.810. The summed E-state index contributed by atoms with van der Waals surface area (Å²) in [6, 6.07) is 7.42. The van der Waals surface area contributed by atoms with Crippen molar-refractivity contribution >= 4 is 17.6 Å². The molecule has 142 valence electrons. The Bertz CT molecular complexity index is 618. The van der Waals surface area contributed by atoms with E-state index in [1.807, 2.05) is 24.3 Å².